The Morgan fingerprint density at radius 3 is 2.28 bits per heavy atom. The summed E-state index contributed by atoms with van der Waals surface area (Å²) in [5.74, 6) is -0.657. The van der Waals surface area contributed by atoms with Crippen molar-refractivity contribution in [3.63, 3.8) is 0 Å². The highest BCUT2D eigenvalue weighted by Gasteiger charge is 2.24. The zero-order chi connectivity index (χ0) is 14.3. The van der Waals surface area contributed by atoms with E-state index in [2.05, 4.69) is 9.99 Å². The van der Waals surface area contributed by atoms with Crippen LogP contribution in [0.1, 0.15) is 20.8 Å². The lowest BCUT2D eigenvalue weighted by atomic mass is 10.2. The van der Waals surface area contributed by atoms with Crippen molar-refractivity contribution in [3.05, 3.63) is 11.3 Å². The Balaban J connectivity index is 4.93. The molecule has 1 radical (unpaired) electrons. The Morgan fingerprint density at radius 2 is 1.89 bits per heavy atom. The van der Waals surface area contributed by atoms with E-state index in [1.54, 1.807) is 20.8 Å². The summed E-state index contributed by atoms with van der Waals surface area (Å²) in [5, 5.41) is 3.61. The van der Waals surface area contributed by atoms with Crippen molar-refractivity contribution in [2.24, 2.45) is 5.16 Å². The van der Waals surface area contributed by atoms with Gasteiger partial charge in [-0.1, -0.05) is 16.8 Å². The van der Waals surface area contributed by atoms with E-state index < -0.39 is 20.6 Å². The predicted octanol–water partition coefficient (Wildman–Crippen LogP) is 2.68. The first kappa shape index (κ1) is 17.0. The SMILES string of the molecule is CON=C(C(=O)OC(C)(C)C)C(Cl)=CO[Si](C)C. The molecule has 0 aliphatic carbocycles. The molecule has 0 heterocycles. The second-order valence-electron chi connectivity index (χ2n) is 4.62. The maximum atomic E-state index is 11.8. The van der Waals surface area contributed by atoms with Crippen LogP contribution in [0.4, 0.5) is 0 Å². The van der Waals surface area contributed by atoms with E-state index in [9.17, 15) is 4.79 Å². The summed E-state index contributed by atoms with van der Waals surface area (Å²) in [6, 6.07) is 0. The van der Waals surface area contributed by atoms with Crippen LogP contribution < -0.4 is 0 Å². The summed E-state index contributed by atoms with van der Waals surface area (Å²) < 4.78 is 10.4. The van der Waals surface area contributed by atoms with Gasteiger partial charge in [-0.3, -0.25) is 0 Å². The van der Waals surface area contributed by atoms with Gasteiger partial charge in [-0.25, -0.2) is 4.79 Å². The monoisotopic (exact) mass is 292 g/mol. The number of carbonyl (C=O) groups excluding carboxylic acids is 1. The lowest BCUT2D eigenvalue weighted by Crippen LogP contribution is -2.29. The van der Waals surface area contributed by atoms with E-state index in [1.165, 1.54) is 13.4 Å². The Kier molecular flexibility index (Phi) is 7.01. The van der Waals surface area contributed by atoms with E-state index in [-0.39, 0.29) is 10.7 Å². The minimum atomic E-state index is -0.946. The van der Waals surface area contributed by atoms with Gasteiger partial charge in [-0.2, -0.15) is 0 Å². The van der Waals surface area contributed by atoms with Crippen molar-refractivity contribution >= 4 is 32.3 Å². The standard InChI is InChI=1S/C11H19ClNO4Si/c1-11(2,3)17-10(14)9(13-15-4)8(12)7-16-18(5)6/h7H,1-6H3. The maximum Gasteiger partial charge on any atom is 0.362 e. The predicted molar refractivity (Wildman–Crippen MR) is 72.8 cm³/mol. The van der Waals surface area contributed by atoms with Gasteiger partial charge < -0.3 is 14.0 Å². The number of carbonyl (C=O) groups is 1. The van der Waals surface area contributed by atoms with Gasteiger partial charge in [0.1, 0.15) is 17.7 Å². The first-order valence-electron chi connectivity index (χ1n) is 5.34. The largest absolute Gasteiger partial charge is 0.547 e. The first-order valence-corrected chi connectivity index (χ1v) is 8.13. The molecule has 5 nitrogen and oxygen atoms in total. The Hall–Kier alpha value is -1.01. The number of oxime groups is 1. The number of halogens is 1. The number of hydrogen-bond donors (Lipinski definition) is 0. The quantitative estimate of drug-likeness (QED) is 0.257. The molecule has 0 bridgehead atoms. The number of ether oxygens (including phenoxy) is 1. The van der Waals surface area contributed by atoms with Gasteiger partial charge in [-0.15, -0.1) is 0 Å². The molecule has 0 fully saturated rings. The summed E-state index contributed by atoms with van der Waals surface area (Å²) >= 11 is 5.93. The first-order chi connectivity index (χ1) is 8.17. The molecule has 0 atom stereocenters. The second kappa shape index (κ2) is 7.43. The molecule has 0 amide bonds. The molecule has 0 aliphatic rings. The van der Waals surface area contributed by atoms with Crippen molar-refractivity contribution in [3.8, 4) is 0 Å². The molecule has 7 heteroatoms. The molecule has 0 aliphatic heterocycles. The highest BCUT2D eigenvalue weighted by Crippen LogP contribution is 2.13. The van der Waals surface area contributed by atoms with Crippen LogP contribution in [-0.2, 0) is 18.8 Å². The normalized spacial score (nSPS) is 13.6. The van der Waals surface area contributed by atoms with Crippen LogP contribution in [0.15, 0.2) is 16.5 Å². The number of esters is 1. The van der Waals surface area contributed by atoms with Gasteiger partial charge in [0, 0.05) is 0 Å². The minimum Gasteiger partial charge on any atom is -0.547 e. The molecule has 0 aromatic carbocycles. The molecule has 0 aromatic heterocycles. The molecule has 103 valence electrons. The third kappa shape index (κ3) is 7.34. The summed E-state index contributed by atoms with van der Waals surface area (Å²) in [6.07, 6.45) is 1.29. The third-order valence-electron chi connectivity index (χ3n) is 1.40. The van der Waals surface area contributed by atoms with Gasteiger partial charge in [0.2, 0.25) is 5.71 Å². The van der Waals surface area contributed by atoms with Gasteiger partial charge in [-0.05, 0) is 33.9 Å². The average molecular weight is 293 g/mol. The molecule has 0 saturated carbocycles. The average Bonchev–Trinajstić information content (AvgIpc) is 2.19. The van der Waals surface area contributed by atoms with E-state index in [4.69, 9.17) is 20.8 Å². The molecule has 0 unspecified atom stereocenters. The summed E-state index contributed by atoms with van der Waals surface area (Å²) in [4.78, 5) is 16.4. The Labute approximate surface area is 114 Å². The van der Waals surface area contributed by atoms with E-state index in [0.29, 0.717) is 0 Å². The van der Waals surface area contributed by atoms with Crippen LogP contribution in [0.3, 0.4) is 0 Å². The highest BCUT2D eigenvalue weighted by molar-refractivity contribution is 6.58. The van der Waals surface area contributed by atoms with E-state index >= 15 is 0 Å². The summed E-state index contributed by atoms with van der Waals surface area (Å²) in [5.41, 5.74) is -0.744. The van der Waals surface area contributed by atoms with Crippen LogP contribution in [0.2, 0.25) is 13.1 Å². The van der Waals surface area contributed by atoms with E-state index in [1.807, 2.05) is 13.1 Å². The summed E-state index contributed by atoms with van der Waals surface area (Å²) in [6.45, 7) is 9.13. The zero-order valence-electron chi connectivity index (χ0n) is 11.5. The molecular formula is C11H19ClNO4Si. The Morgan fingerprint density at radius 1 is 1.33 bits per heavy atom. The van der Waals surface area contributed by atoms with Gasteiger partial charge in [0.15, 0.2) is 0 Å². The van der Waals surface area contributed by atoms with Gasteiger partial charge in [0.25, 0.3) is 9.04 Å². The third-order valence-corrected chi connectivity index (χ3v) is 2.26. The fourth-order valence-corrected chi connectivity index (χ4v) is 1.41. The van der Waals surface area contributed by atoms with Crippen LogP contribution in [0.5, 0.6) is 0 Å². The number of nitrogens with zero attached hydrogens (tertiary/aromatic N) is 1. The lowest BCUT2D eigenvalue weighted by molar-refractivity contribution is -0.146. The van der Waals surface area contributed by atoms with Crippen molar-refractivity contribution in [2.75, 3.05) is 7.11 Å². The molecule has 18 heavy (non-hydrogen) atoms. The maximum absolute atomic E-state index is 11.8. The van der Waals surface area contributed by atoms with Crippen molar-refractivity contribution in [2.45, 2.75) is 39.5 Å². The molecule has 0 aromatic rings. The zero-order valence-corrected chi connectivity index (χ0v) is 13.3. The van der Waals surface area contributed by atoms with Gasteiger partial charge in [0.05, 0.1) is 6.26 Å². The van der Waals surface area contributed by atoms with Crippen molar-refractivity contribution in [1.82, 2.24) is 0 Å². The molecular weight excluding hydrogens is 274 g/mol. The van der Waals surface area contributed by atoms with Crippen LogP contribution in [0, 0.1) is 0 Å². The Bertz CT molecular complexity index is 347. The van der Waals surface area contributed by atoms with Gasteiger partial charge >= 0.3 is 5.97 Å². The second-order valence-corrected chi connectivity index (χ2v) is 7.08. The fraction of sp³-hybridized carbons (Fsp3) is 0.636. The highest BCUT2D eigenvalue weighted by atomic mass is 35.5. The summed E-state index contributed by atoms with van der Waals surface area (Å²) in [7, 11) is 0.378. The topological polar surface area (TPSA) is 57.1 Å². The van der Waals surface area contributed by atoms with Crippen LogP contribution >= 0.6 is 11.6 Å². The minimum absolute atomic E-state index is 0.0531. The molecule has 0 rings (SSSR count). The molecule has 0 saturated heterocycles. The lowest BCUT2D eigenvalue weighted by Gasteiger charge is -2.19. The number of rotatable bonds is 5. The van der Waals surface area contributed by atoms with Crippen LogP contribution in [-0.4, -0.2) is 33.4 Å². The molecule has 0 spiro atoms. The van der Waals surface area contributed by atoms with E-state index in [0.717, 1.165) is 0 Å². The van der Waals surface area contributed by atoms with Crippen molar-refractivity contribution < 1.29 is 18.8 Å². The fourth-order valence-electron chi connectivity index (χ4n) is 0.821. The van der Waals surface area contributed by atoms with Crippen molar-refractivity contribution in [1.29, 1.82) is 0 Å². The molecule has 0 N–H and O–H groups in total. The smallest absolute Gasteiger partial charge is 0.362 e. The van der Waals surface area contributed by atoms with Crippen LogP contribution in [0.25, 0.3) is 0 Å². The number of hydrogen-bond acceptors (Lipinski definition) is 5.